The van der Waals surface area contributed by atoms with Crippen molar-refractivity contribution in [3.63, 3.8) is 0 Å². The number of benzene rings is 6. The van der Waals surface area contributed by atoms with Gasteiger partial charge in [0.15, 0.2) is 17.1 Å². The number of aryl methyl sites for hydroxylation is 1. The van der Waals surface area contributed by atoms with Gasteiger partial charge in [0.25, 0.3) is 50.6 Å². The summed E-state index contributed by atoms with van der Waals surface area (Å²) in [5, 5.41) is 57.5. The molecule has 9 aromatic rings. The van der Waals surface area contributed by atoms with Crippen LogP contribution in [-0.2, 0) is 71.8 Å². The molecule has 0 unspecified atom stereocenters. The van der Waals surface area contributed by atoms with Crippen LogP contribution in [0.15, 0.2) is 130 Å². The second-order valence-corrected chi connectivity index (χ2v) is 26.2. The lowest BCUT2D eigenvalue weighted by molar-refractivity contribution is 0.317. The van der Waals surface area contributed by atoms with E-state index in [0.29, 0.717) is 22.9 Å². The number of azo groups is 3. The number of aromatic nitrogens is 3. The number of phenols is 1. The number of rotatable bonds is 14. The van der Waals surface area contributed by atoms with E-state index in [1.165, 1.54) is 47.7 Å². The average Bonchev–Trinajstić information content (AvgIpc) is 1.75. The highest BCUT2D eigenvalue weighted by Gasteiger charge is 2.26. The van der Waals surface area contributed by atoms with Crippen LogP contribution in [0.25, 0.3) is 48.4 Å². The fourth-order valence-corrected chi connectivity index (χ4v) is 11.3. The Hall–Kier alpha value is -8.84. The normalized spacial score (nSPS) is 12.3. The molecule has 0 aliphatic rings. The molecule has 0 saturated carbocycles. The predicted molar refractivity (Wildman–Crippen MR) is 303 cm³/mol. The second kappa shape index (κ2) is 26.4. The molecule has 0 aliphatic heterocycles. The zero-order chi connectivity index (χ0) is 64.9. The van der Waals surface area contributed by atoms with E-state index in [4.69, 9.17) is 34.5 Å². The van der Waals surface area contributed by atoms with Crippen LogP contribution in [0.2, 0.25) is 0 Å². The smallest absolute Gasteiger partial charge is 0.425 e. The summed E-state index contributed by atoms with van der Waals surface area (Å²) in [5.41, 5.74) is 0.568. The largest absolute Gasteiger partial charge is 0.505 e. The van der Waals surface area contributed by atoms with Crippen molar-refractivity contribution in [1.82, 2.24) is 14.4 Å². The highest BCUT2D eigenvalue weighted by atomic mass is 32.2. The Kier molecular flexibility index (Phi) is 20.4. The zero-order valence-corrected chi connectivity index (χ0v) is 50.0. The highest BCUT2D eigenvalue weighted by molar-refractivity contribution is 7.87. The molecule has 9 rings (SSSR count). The van der Waals surface area contributed by atoms with Crippen LogP contribution in [0.1, 0.15) is 23.1 Å². The number of hydrogen-bond acceptors (Lipinski definition) is 29. The Bertz CT molecular complexity index is 5260. The molecule has 87 heavy (non-hydrogen) atoms. The predicted octanol–water partition coefficient (Wildman–Crippen LogP) is 7.44. The molecular weight excluding hydrogens is 1320 g/mol. The van der Waals surface area contributed by atoms with Crippen LogP contribution in [0.5, 0.6) is 17.4 Å². The minimum atomic E-state index is -5.13. The van der Waals surface area contributed by atoms with Gasteiger partial charge in [-0.1, -0.05) is 35.6 Å². The van der Waals surface area contributed by atoms with Gasteiger partial charge in [-0.15, -0.1) is 55.9 Å². The van der Waals surface area contributed by atoms with Crippen molar-refractivity contribution < 1.29 is 105 Å². The number of ether oxygens (including phenoxy) is 1. The lowest BCUT2D eigenvalue weighted by atomic mass is 10.1. The van der Waals surface area contributed by atoms with Gasteiger partial charge in [-0.05, 0) is 85.8 Å². The lowest BCUT2D eigenvalue weighted by Crippen LogP contribution is -2.08. The molecule has 0 atom stereocenters. The van der Waals surface area contributed by atoms with Crippen LogP contribution >= 0.6 is 11.3 Å². The van der Waals surface area contributed by atoms with E-state index < -0.39 is 110 Å². The van der Waals surface area contributed by atoms with Crippen molar-refractivity contribution >= 4 is 165 Å². The van der Waals surface area contributed by atoms with Crippen molar-refractivity contribution in [2.24, 2.45) is 30.7 Å². The molecule has 0 aliphatic carbocycles. The maximum atomic E-state index is 13.0. The first kappa shape index (κ1) is 67.3. The van der Waals surface area contributed by atoms with Crippen molar-refractivity contribution in [3.8, 4) is 23.4 Å². The molecule has 0 spiro atoms. The summed E-state index contributed by atoms with van der Waals surface area (Å²) in [6, 6.07) is 20.7. The summed E-state index contributed by atoms with van der Waals surface area (Å²) in [7, 11) is -29.0. The number of thiazole rings is 1. The summed E-state index contributed by atoms with van der Waals surface area (Å²) in [4.78, 5) is 6.77. The quantitative estimate of drug-likeness (QED) is 0.0316. The summed E-state index contributed by atoms with van der Waals surface area (Å²) in [5.74, 6) is -1.83. The van der Waals surface area contributed by atoms with Gasteiger partial charge in [-0.2, -0.15) is 47.4 Å². The lowest BCUT2D eigenvalue weighted by Gasteiger charge is -2.12. The first-order valence-electron chi connectivity index (χ1n) is 22.8. The Labute approximate surface area is 496 Å². The summed E-state index contributed by atoms with van der Waals surface area (Å²) in [6.45, 7) is 2.75. The Balaban J connectivity index is 0.000000845. The van der Waals surface area contributed by atoms with Crippen molar-refractivity contribution in [2.75, 3.05) is 18.6 Å². The molecule has 0 radical (unpaired) electrons. The van der Waals surface area contributed by atoms with Crippen LogP contribution in [-0.4, -0.2) is 133 Å². The van der Waals surface area contributed by atoms with Gasteiger partial charge in [-0.25, -0.2) is 9.97 Å². The van der Waals surface area contributed by atoms with Gasteiger partial charge in [0, 0.05) is 27.8 Å². The maximum Gasteiger partial charge on any atom is 0.425 e. The molecule has 0 fully saturated rings. The highest BCUT2D eigenvalue weighted by Crippen LogP contribution is 2.45. The number of para-hydroxylation sites is 2. The monoisotopic (exact) mass is 1360 g/mol. The Morgan fingerprint density at radius 1 is 0.655 bits per heavy atom. The molecule has 34 nitrogen and oxygen atoms in total. The van der Waals surface area contributed by atoms with Crippen LogP contribution in [0, 0.1) is 25.2 Å². The number of pyridine rings is 1. The number of nitriles is 1. The van der Waals surface area contributed by atoms with E-state index in [1.807, 2.05) is 6.07 Å². The van der Waals surface area contributed by atoms with Gasteiger partial charge in [0.1, 0.15) is 49.8 Å². The third-order valence-electron chi connectivity index (χ3n) is 11.2. The van der Waals surface area contributed by atoms with Crippen LogP contribution < -0.4 is 4.74 Å². The topological polar surface area (TPSA) is 552 Å². The Morgan fingerprint density at radius 2 is 1.24 bits per heavy atom. The molecule has 3 aromatic heterocycles. The van der Waals surface area contributed by atoms with E-state index >= 15 is 0 Å². The average molecular weight is 1360 g/mol. The number of fused-ring (bicyclic) bond motifs is 7. The first-order valence-corrected chi connectivity index (χ1v) is 33.4. The molecule has 6 aromatic carbocycles. The standard InChI is InChI=1S/C44H32N10O15S5.CH4O3S.2O3S/c1-21-16-33(35(69-14-5-15-71(57,58)59)19-32(21)50-53-44-47-38-36(73(63,64)65)17-23-8-9-24(72(60,61)62)18-27(23)40(38)70-44)51-48-30-12-11-26-25(39(30)55)10-13-31(41(26)74(66,67)68)49-52-37-22(2)28(20-45)42-46-29-6-3-4-7-34(29)54(42)43(37)56;1-5(2,3)4;2*1-4(2)3/h3-4,6-13,16-19,55-56H,5,14-15H2,1-2H3,(H,57,58,59)(H,60,61,62)(H,63,64,65)(H,66,67,68);1H3,(H,2,3,4);;. The second-order valence-electron chi connectivity index (χ2n) is 17.2. The number of imidazole rings is 1. The molecule has 458 valence electrons. The maximum absolute atomic E-state index is 13.0. The van der Waals surface area contributed by atoms with Gasteiger partial charge >= 0.3 is 21.2 Å². The van der Waals surface area contributed by atoms with Crippen LogP contribution in [0.3, 0.4) is 0 Å². The first-order chi connectivity index (χ1) is 40.3. The van der Waals surface area contributed by atoms with Crippen molar-refractivity contribution in [1.29, 1.82) is 5.26 Å². The summed E-state index contributed by atoms with van der Waals surface area (Å²) in [6.07, 6.45) is 0.518. The minimum Gasteiger partial charge on any atom is -0.505 e. The van der Waals surface area contributed by atoms with Crippen molar-refractivity contribution in [3.05, 3.63) is 102 Å². The fraction of sp³-hybridized carbons (Fsp3) is 0.133. The van der Waals surface area contributed by atoms with Gasteiger partial charge < -0.3 is 14.9 Å². The van der Waals surface area contributed by atoms with Gasteiger partial charge in [-0.3, -0.25) is 27.2 Å². The van der Waals surface area contributed by atoms with E-state index in [1.54, 1.807) is 31.2 Å². The third-order valence-corrected chi connectivity index (χ3v) is 15.7. The molecule has 0 amide bonds. The van der Waals surface area contributed by atoms with E-state index in [-0.39, 0.29) is 95.2 Å². The number of hydrogen-bond donors (Lipinski definition) is 7. The van der Waals surface area contributed by atoms with Gasteiger partial charge in [0.2, 0.25) is 11.0 Å². The Morgan fingerprint density at radius 3 is 1.84 bits per heavy atom. The number of nitrogens with zero attached hydrogens (tertiary/aromatic N) is 10. The number of phenolic OH excluding ortho intramolecular Hbond substituents is 1. The van der Waals surface area contributed by atoms with Crippen molar-refractivity contribution in [2.45, 2.75) is 35.0 Å². The summed E-state index contributed by atoms with van der Waals surface area (Å²) >= 11 is 0.772. The fourth-order valence-electron chi connectivity index (χ4n) is 7.81. The van der Waals surface area contributed by atoms with E-state index in [9.17, 15) is 75.8 Å². The van der Waals surface area contributed by atoms with Gasteiger partial charge in [0.05, 0.1) is 44.9 Å². The minimum absolute atomic E-state index is 0.0268. The molecule has 0 bridgehead atoms. The third kappa shape index (κ3) is 17.0. The van der Waals surface area contributed by atoms with E-state index in [2.05, 4.69) is 40.7 Å². The summed E-state index contributed by atoms with van der Waals surface area (Å²) < 4.78 is 221. The zero-order valence-electron chi connectivity index (χ0n) is 43.5. The molecular formula is C45H36N10O24S8. The molecule has 42 heteroatoms. The van der Waals surface area contributed by atoms with Crippen LogP contribution in [0.4, 0.5) is 33.6 Å². The molecule has 7 N–H and O–H groups in total. The van der Waals surface area contributed by atoms with E-state index in [0.717, 1.165) is 35.6 Å². The molecule has 0 saturated heterocycles. The SMILES string of the molecule is CS(=O)(=O)O.Cc1cc(N=Nc2ccc3c(S(=O)(=O)O)c(N=Nc4c(C)c(C#N)c5nc6ccccc6n5c4O)ccc3c2O)c(OCCCS(=O)(=O)O)cc1N=Nc1nc2c(S(=O)(=O)O)cc3ccc(S(=O)(=O)O)cc3c2s1.O=S(=O)=O.O=S(=O)=O. The molecule has 3 heterocycles. The number of aromatic hydroxyl groups is 2.